The summed E-state index contributed by atoms with van der Waals surface area (Å²) >= 11 is 1.45. The van der Waals surface area contributed by atoms with Gasteiger partial charge in [-0.1, -0.05) is 32.9 Å². The molecule has 1 aliphatic rings. The molecular weight excluding hydrogens is 330 g/mol. The summed E-state index contributed by atoms with van der Waals surface area (Å²) in [6.07, 6.45) is 0.657. The van der Waals surface area contributed by atoms with Crippen molar-refractivity contribution in [1.29, 1.82) is 0 Å². The molecule has 4 nitrogen and oxygen atoms in total. The standard InChI is InChI=1S/C17H25NO3S2/c1-17(2,3)13-5-7-14(8-6-13)18(4)16(19)11-22-15-9-10-23(20,21)12-15/h5-8,15H,9-12H2,1-4H3/t15-/m0/s1. The van der Waals surface area contributed by atoms with Crippen LogP contribution in [-0.4, -0.2) is 43.9 Å². The predicted octanol–water partition coefficient (Wildman–Crippen LogP) is 2.87. The molecule has 0 radical (unpaired) electrons. The van der Waals surface area contributed by atoms with Crippen molar-refractivity contribution >= 4 is 33.2 Å². The van der Waals surface area contributed by atoms with Crippen LogP contribution in [0.3, 0.4) is 0 Å². The van der Waals surface area contributed by atoms with Gasteiger partial charge in [-0.3, -0.25) is 4.79 Å². The van der Waals surface area contributed by atoms with E-state index in [9.17, 15) is 13.2 Å². The molecule has 1 aliphatic heterocycles. The summed E-state index contributed by atoms with van der Waals surface area (Å²) in [5.41, 5.74) is 2.18. The van der Waals surface area contributed by atoms with Crippen LogP contribution in [0.15, 0.2) is 24.3 Å². The van der Waals surface area contributed by atoms with Crippen LogP contribution in [0.1, 0.15) is 32.8 Å². The van der Waals surface area contributed by atoms with Gasteiger partial charge in [0, 0.05) is 18.0 Å². The highest BCUT2D eigenvalue weighted by atomic mass is 32.2. The fraction of sp³-hybridized carbons (Fsp3) is 0.588. The molecule has 0 spiro atoms. The minimum absolute atomic E-state index is 0.00260. The van der Waals surface area contributed by atoms with Crippen molar-refractivity contribution in [2.75, 3.05) is 29.2 Å². The molecule has 1 saturated heterocycles. The van der Waals surface area contributed by atoms with Gasteiger partial charge in [0.15, 0.2) is 9.84 Å². The van der Waals surface area contributed by atoms with E-state index in [4.69, 9.17) is 0 Å². The van der Waals surface area contributed by atoms with E-state index in [1.54, 1.807) is 11.9 Å². The fourth-order valence-electron chi connectivity index (χ4n) is 2.51. The molecule has 0 unspecified atom stereocenters. The normalized spacial score (nSPS) is 20.4. The molecule has 0 aliphatic carbocycles. The largest absolute Gasteiger partial charge is 0.315 e. The molecule has 1 amide bonds. The van der Waals surface area contributed by atoms with Crippen LogP contribution in [-0.2, 0) is 20.0 Å². The monoisotopic (exact) mass is 355 g/mol. The lowest BCUT2D eigenvalue weighted by Gasteiger charge is -2.22. The number of hydrogen-bond donors (Lipinski definition) is 0. The van der Waals surface area contributed by atoms with Crippen LogP contribution in [0, 0.1) is 0 Å². The third kappa shape index (κ3) is 4.98. The van der Waals surface area contributed by atoms with Crippen LogP contribution in [0.4, 0.5) is 5.69 Å². The van der Waals surface area contributed by atoms with Crippen LogP contribution >= 0.6 is 11.8 Å². The molecule has 0 bridgehead atoms. The van der Waals surface area contributed by atoms with E-state index in [1.807, 2.05) is 12.1 Å². The van der Waals surface area contributed by atoms with E-state index in [2.05, 4.69) is 32.9 Å². The first-order chi connectivity index (χ1) is 10.6. The van der Waals surface area contributed by atoms with E-state index in [-0.39, 0.29) is 28.1 Å². The van der Waals surface area contributed by atoms with E-state index in [0.29, 0.717) is 12.2 Å². The number of carbonyl (C=O) groups is 1. The SMILES string of the molecule is CN(C(=O)CS[C@H]1CCS(=O)(=O)C1)c1ccc(C(C)(C)C)cc1. The minimum atomic E-state index is -2.88. The second-order valence-corrected chi connectivity index (χ2v) is 10.6. The molecule has 1 fully saturated rings. The Balaban J connectivity index is 1.92. The van der Waals surface area contributed by atoms with E-state index in [1.165, 1.54) is 17.3 Å². The van der Waals surface area contributed by atoms with E-state index < -0.39 is 9.84 Å². The Kier molecular flexibility index (Phi) is 5.46. The highest BCUT2D eigenvalue weighted by Gasteiger charge is 2.29. The first-order valence-corrected chi connectivity index (χ1v) is 10.6. The van der Waals surface area contributed by atoms with Crippen molar-refractivity contribution in [3.63, 3.8) is 0 Å². The lowest BCUT2D eigenvalue weighted by atomic mass is 9.87. The first-order valence-electron chi connectivity index (χ1n) is 7.78. The summed E-state index contributed by atoms with van der Waals surface area (Å²) in [7, 11) is -1.12. The number of sulfone groups is 1. The molecular formula is C17H25NO3S2. The van der Waals surface area contributed by atoms with Gasteiger partial charge in [0.05, 0.1) is 17.3 Å². The lowest BCUT2D eigenvalue weighted by molar-refractivity contribution is -0.115. The van der Waals surface area contributed by atoms with Gasteiger partial charge in [0.1, 0.15) is 0 Å². The van der Waals surface area contributed by atoms with Crippen LogP contribution < -0.4 is 4.90 Å². The number of hydrogen-bond acceptors (Lipinski definition) is 4. The van der Waals surface area contributed by atoms with Crippen molar-refractivity contribution in [2.45, 2.75) is 37.9 Å². The zero-order valence-corrected chi connectivity index (χ0v) is 15.8. The molecule has 128 valence electrons. The first kappa shape index (κ1) is 18.3. The Bertz CT molecular complexity index is 660. The average Bonchev–Trinajstić information content (AvgIpc) is 2.82. The number of amides is 1. The molecule has 23 heavy (non-hydrogen) atoms. The number of benzene rings is 1. The fourth-order valence-corrected chi connectivity index (χ4v) is 6.06. The van der Waals surface area contributed by atoms with E-state index >= 15 is 0 Å². The maximum atomic E-state index is 12.3. The molecule has 1 aromatic rings. The van der Waals surface area contributed by atoms with Crippen LogP contribution in [0.2, 0.25) is 0 Å². The van der Waals surface area contributed by atoms with Crippen LogP contribution in [0.25, 0.3) is 0 Å². The molecule has 6 heteroatoms. The molecule has 0 saturated carbocycles. The maximum absolute atomic E-state index is 12.3. The molecule has 0 aromatic heterocycles. The third-order valence-electron chi connectivity index (χ3n) is 4.13. The summed E-state index contributed by atoms with van der Waals surface area (Å²) in [6.45, 7) is 6.47. The molecule has 2 rings (SSSR count). The number of anilines is 1. The summed E-state index contributed by atoms with van der Waals surface area (Å²) in [5.74, 6) is 0.776. The Morgan fingerprint density at radius 2 is 1.87 bits per heavy atom. The second kappa shape index (κ2) is 6.85. The van der Waals surface area contributed by atoms with Crippen molar-refractivity contribution in [3.05, 3.63) is 29.8 Å². The zero-order valence-electron chi connectivity index (χ0n) is 14.2. The number of rotatable bonds is 4. The van der Waals surface area contributed by atoms with Crippen molar-refractivity contribution in [2.24, 2.45) is 0 Å². The second-order valence-electron chi connectivity index (χ2n) is 7.09. The topological polar surface area (TPSA) is 54.5 Å². The summed E-state index contributed by atoms with van der Waals surface area (Å²) < 4.78 is 22.9. The smallest absolute Gasteiger partial charge is 0.236 e. The highest BCUT2D eigenvalue weighted by Crippen LogP contribution is 2.27. The lowest BCUT2D eigenvalue weighted by Crippen LogP contribution is -2.29. The van der Waals surface area contributed by atoms with Crippen molar-refractivity contribution in [1.82, 2.24) is 0 Å². The summed E-state index contributed by atoms with van der Waals surface area (Å²) in [6, 6.07) is 8.03. The Hall–Kier alpha value is -1.01. The molecule has 1 heterocycles. The predicted molar refractivity (Wildman–Crippen MR) is 98.1 cm³/mol. The highest BCUT2D eigenvalue weighted by molar-refractivity contribution is 8.02. The Labute approximate surface area is 143 Å². The summed E-state index contributed by atoms with van der Waals surface area (Å²) in [5, 5.41) is 0.0561. The van der Waals surface area contributed by atoms with Gasteiger partial charge < -0.3 is 4.90 Å². The van der Waals surface area contributed by atoms with Gasteiger partial charge in [-0.15, -0.1) is 11.8 Å². The number of thioether (sulfide) groups is 1. The molecule has 1 atom stereocenters. The quantitative estimate of drug-likeness (QED) is 0.833. The molecule has 1 aromatic carbocycles. The van der Waals surface area contributed by atoms with E-state index in [0.717, 1.165) is 5.69 Å². The van der Waals surface area contributed by atoms with Gasteiger partial charge in [-0.05, 0) is 29.5 Å². The minimum Gasteiger partial charge on any atom is -0.315 e. The Morgan fingerprint density at radius 3 is 2.35 bits per heavy atom. The average molecular weight is 356 g/mol. The van der Waals surface area contributed by atoms with Gasteiger partial charge >= 0.3 is 0 Å². The van der Waals surface area contributed by atoms with Gasteiger partial charge in [-0.2, -0.15) is 0 Å². The molecule has 0 N–H and O–H groups in total. The third-order valence-corrected chi connectivity index (χ3v) is 7.39. The Morgan fingerprint density at radius 1 is 1.26 bits per heavy atom. The van der Waals surface area contributed by atoms with Crippen molar-refractivity contribution < 1.29 is 13.2 Å². The zero-order chi connectivity index (χ0) is 17.3. The number of carbonyl (C=O) groups excluding carboxylic acids is 1. The summed E-state index contributed by atoms with van der Waals surface area (Å²) in [4.78, 5) is 13.9. The van der Waals surface area contributed by atoms with Gasteiger partial charge in [-0.25, -0.2) is 8.42 Å². The van der Waals surface area contributed by atoms with Gasteiger partial charge in [0.2, 0.25) is 5.91 Å². The maximum Gasteiger partial charge on any atom is 0.236 e. The van der Waals surface area contributed by atoms with Crippen molar-refractivity contribution in [3.8, 4) is 0 Å². The van der Waals surface area contributed by atoms with Gasteiger partial charge in [0.25, 0.3) is 0 Å². The number of nitrogens with zero attached hydrogens (tertiary/aromatic N) is 1. The van der Waals surface area contributed by atoms with Crippen LogP contribution in [0.5, 0.6) is 0 Å².